The Morgan fingerprint density at radius 1 is 1.47 bits per heavy atom. The van der Waals surface area contributed by atoms with E-state index in [9.17, 15) is 17.6 Å². The average Bonchev–Trinajstić information content (AvgIpc) is 2.31. The highest BCUT2D eigenvalue weighted by atomic mass is 79.9. The number of anilines is 1. The minimum Gasteiger partial charge on any atom is -0.409 e. The molecule has 4 nitrogen and oxygen atoms in total. The summed E-state index contributed by atoms with van der Waals surface area (Å²) in [6, 6.07) is 3.78. The van der Waals surface area contributed by atoms with E-state index in [4.69, 9.17) is 10.9 Å². The highest BCUT2D eigenvalue weighted by molar-refractivity contribution is 9.10. The number of rotatable bonds is 4. The molecule has 4 N–H and O–H groups in total. The maximum atomic E-state index is 13.2. The molecule has 1 unspecified atom stereocenters. The summed E-state index contributed by atoms with van der Waals surface area (Å²) in [5.74, 6) is -3.74. The molecule has 0 amide bonds. The zero-order chi connectivity index (χ0) is 14.6. The molecule has 0 aliphatic rings. The van der Waals surface area contributed by atoms with Gasteiger partial charge < -0.3 is 16.3 Å². The molecule has 106 valence electrons. The van der Waals surface area contributed by atoms with Gasteiger partial charge in [0.25, 0.3) is 0 Å². The van der Waals surface area contributed by atoms with Crippen LogP contribution in [0.25, 0.3) is 0 Å². The minimum atomic E-state index is -4.67. The SMILES string of the molecule is N/C(=N/O)C(CNc1ccc(Br)c(F)c1)C(F)(F)F. The zero-order valence-electron chi connectivity index (χ0n) is 9.38. The highest BCUT2D eigenvalue weighted by Gasteiger charge is 2.42. The van der Waals surface area contributed by atoms with Gasteiger partial charge in [0.2, 0.25) is 0 Å². The summed E-state index contributed by atoms with van der Waals surface area (Å²) in [6.07, 6.45) is -4.67. The number of oxime groups is 1. The van der Waals surface area contributed by atoms with Gasteiger partial charge in [-0.2, -0.15) is 13.2 Å². The first-order valence-corrected chi connectivity index (χ1v) is 5.78. The van der Waals surface area contributed by atoms with Crippen LogP contribution in [0, 0.1) is 11.7 Å². The van der Waals surface area contributed by atoms with Crippen molar-refractivity contribution in [2.75, 3.05) is 11.9 Å². The standard InChI is InChI=1S/C10H10BrF4N3O/c11-7-2-1-5(3-8(7)12)17-4-6(9(16)18-19)10(13,14)15/h1-3,6,17,19H,4H2,(H2,16,18). The Kier molecular flexibility index (Phi) is 4.98. The lowest BCUT2D eigenvalue weighted by molar-refractivity contribution is -0.152. The molecule has 0 heterocycles. The van der Waals surface area contributed by atoms with Crippen molar-refractivity contribution in [3.8, 4) is 0 Å². The van der Waals surface area contributed by atoms with E-state index in [-0.39, 0.29) is 10.2 Å². The van der Waals surface area contributed by atoms with Gasteiger partial charge in [0.1, 0.15) is 11.7 Å². The van der Waals surface area contributed by atoms with E-state index in [1.54, 1.807) is 0 Å². The van der Waals surface area contributed by atoms with E-state index in [1.807, 2.05) is 0 Å². The van der Waals surface area contributed by atoms with E-state index >= 15 is 0 Å². The number of halogens is 5. The molecule has 0 spiro atoms. The first-order chi connectivity index (χ1) is 8.75. The van der Waals surface area contributed by atoms with Gasteiger partial charge in [-0.1, -0.05) is 5.16 Å². The van der Waals surface area contributed by atoms with Crippen molar-refractivity contribution < 1.29 is 22.8 Å². The number of hydrogen-bond acceptors (Lipinski definition) is 3. The van der Waals surface area contributed by atoms with Crippen molar-refractivity contribution in [3.63, 3.8) is 0 Å². The van der Waals surface area contributed by atoms with E-state index in [2.05, 4.69) is 26.4 Å². The lowest BCUT2D eigenvalue weighted by atomic mass is 10.1. The molecule has 1 aromatic carbocycles. The number of nitrogens with zero attached hydrogens (tertiary/aromatic N) is 1. The minimum absolute atomic E-state index is 0.153. The third kappa shape index (κ3) is 4.27. The van der Waals surface area contributed by atoms with Gasteiger partial charge in [-0.15, -0.1) is 0 Å². The topological polar surface area (TPSA) is 70.6 Å². The molecule has 1 atom stereocenters. The smallest absolute Gasteiger partial charge is 0.400 e. The third-order valence-electron chi connectivity index (χ3n) is 2.30. The van der Waals surface area contributed by atoms with E-state index in [1.165, 1.54) is 12.1 Å². The Morgan fingerprint density at radius 2 is 2.11 bits per heavy atom. The molecule has 0 aliphatic heterocycles. The first-order valence-electron chi connectivity index (χ1n) is 4.98. The van der Waals surface area contributed by atoms with Crippen LogP contribution < -0.4 is 11.1 Å². The Bertz CT molecular complexity index is 478. The largest absolute Gasteiger partial charge is 0.409 e. The fraction of sp³-hybridized carbons (Fsp3) is 0.300. The van der Waals surface area contributed by atoms with Crippen LogP contribution in [-0.2, 0) is 0 Å². The summed E-state index contributed by atoms with van der Waals surface area (Å²) < 4.78 is 51.2. The Hall–Kier alpha value is -1.51. The molecular weight excluding hydrogens is 334 g/mol. The molecule has 0 saturated heterocycles. The average molecular weight is 344 g/mol. The van der Waals surface area contributed by atoms with Gasteiger partial charge in [-0.3, -0.25) is 0 Å². The van der Waals surface area contributed by atoms with Crippen molar-refractivity contribution >= 4 is 27.5 Å². The van der Waals surface area contributed by atoms with Crippen molar-refractivity contribution in [2.45, 2.75) is 6.18 Å². The predicted octanol–water partition coefficient (Wildman–Crippen LogP) is 2.93. The van der Waals surface area contributed by atoms with Crippen molar-refractivity contribution in [3.05, 3.63) is 28.5 Å². The van der Waals surface area contributed by atoms with Crippen molar-refractivity contribution in [1.82, 2.24) is 0 Å². The molecule has 0 bridgehead atoms. The van der Waals surface area contributed by atoms with Gasteiger partial charge in [-0.25, -0.2) is 4.39 Å². The van der Waals surface area contributed by atoms with Crippen molar-refractivity contribution in [2.24, 2.45) is 16.8 Å². The van der Waals surface area contributed by atoms with Gasteiger partial charge in [0.15, 0.2) is 5.84 Å². The second kappa shape index (κ2) is 6.09. The Balaban J connectivity index is 2.79. The van der Waals surface area contributed by atoms with Crippen LogP contribution in [0.1, 0.15) is 0 Å². The fourth-order valence-corrected chi connectivity index (χ4v) is 1.53. The van der Waals surface area contributed by atoms with Crippen LogP contribution in [-0.4, -0.2) is 23.8 Å². The lowest BCUT2D eigenvalue weighted by Crippen LogP contribution is -2.40. The van der Waals surface area contributed by atoms with E-state index < -0.39 is 30.3 Å². The zero-order valence-corrected chi connectivity index (χ0v) is 11.0. The predicted molar refractivity (Wildman–Crippen MR) is 65.5 cm³/mol. The number of benzene rings is 1. The van der Waals surface area contributed by atoms with Crippen LogP contribution in [0.15, 0.2) is 27.8 Å². The van der Waals surface area contributed by atoms with E-state index in [0.717, 1.165) is 6.07 Å². The van der Waals surface area contributed by atoms with E-state index in [0.29, 0.717) is 0 Å². The molecule has 19 heavy (non-hydrogen) atoms. The van der Waals surface area contributed by atoms with Crippen LogP contribution in [0.2, 0.25) is 0 Å². The number of nitrogens with two attached hydrogens (primary N) is 1. The second-order valence-electron chi connectivity index (χ2n) is 3.63. The molecule has 0 aromatic heterocycles. The maximum absolute atomic E-state index is 13.2. The number of amidine groups is 1. The summed E-state index contributed by atoms with van der Waals surface area (Å²) >= 11 is 2.92. The highest BCUT2D eigenvalue weighted by Crippen LogP contribution is 2.27. The number of nitrogens with one attached hydrogen (secondary N) is 1. The van der Waals surface area contributed by atoms with Gasteiger partial charge in [0, 0.05) is 12.2 Å². The van der Waals surface area contributed by atoms with Gasteiger partial charge in [-0.05, 0) is 34.1 Å². The summed E-state index contributed by atoms with van der Waals surface area (Å²) in [6.45, 7) is -0.666. The van der Waals surface area contributed by atoms with Crippen LogP contribution in [0.4, 0.5) is 23.2 Å². The van der Waals surface area contributed by atoms with Crippen LogP contribution in [0.3, 0.4) is 0 Å². The molecule has 1 rings (SSSR count). The number of hydrogen-bond donors (Lipinski definition) is 3. The van der Waals surface area contributed by atoms with Gasteiger partial charge in [0.05, 0.1) is 4.47 Å². The van der Waals surface area contributed by atoms with Gasteiger partial charge >= 0.3 is 6.18 Å². The normalized spacial score (nSPS) is 14.3. The molecule has 0 aliphatic carbocycles. The van der Waals surface area contributed by atoms with Crippen molar-refractivity contribution in [1.29, 1.82) is 0 Å². The quantitative estimate of drug-likeness (QED) is 0.259. The summed E-state index contributed by atoms with van der Waals surface area (Å²) in [4.78, 5) is 0. The monoisotopic (exact) mass is 343 g/mol. The molecule has 0 saturated carbocycles. The molecule has 9 heteroatoms. The fourth-order valence-electron chi connectivity index (χ4n) is 1.28. The van der Waals surface area contributed by atoms with Crippen LogP contribution in [0.5, 0.6) is 0 Å². The Labute approximate surface area is 114 Å². The first kappa shape index (κ1) is 15.5. The Morgan fingerprint density at radius 3 is 2.58 bits per heavy atom. The summed E-state index contributed by atoms with van der Waals surface area (Å²) in [7, 11) is 0. The third-order valence-corrected chi connectivity index (χ3v) is 2.94. The number of alkyl halides is 3. The second-order valence-corrected chi connectivity index (χ2v) is 4.48. The molecule has 0 fully saturated rings. The lowest BCUT2D eigenvalue weighted by Gasteiger charge is -2.19. The maximum Gasteiger partial charge on any atom is 0.400 e. The molecule has 1 aromatic rings. The summed E-state index contributed by atoms with van der Waals surface area (Å²) in [5, 5.41) is 13.0. The molecular formula is C10H10BrF4N3O. The van der Waals surface area contributed by atoms with Crippen LogP contribution >= 0.6 is 15.9 Å². The summed E-state index contributed by atoms with van der Waals surface area (Å²) in [5.41, 5.74) is 5.13. The molecule has 0 radical (unpaired) electrons.